The van der Waals surface area contributed by atoms with Crippen LogP contribution in [0, 0.1) is 0 Å². The molecule has 4 rings (SSSR count). The van der Waals surface area contributed by atoms with Crippen molar-refractivity contribution in [3.05, 3.63) is 62.8 Å². The van der Waals surface area contributed by atoms with Gasteiger partial charge in [0, 0.05) is 20.8 Å². The second kappa shape index (κ2) is 6.50. The molecule has 0 spiro atoms. The van der Waals surface area contributed by atoms with Gasteiger partial charge in [-0.1, -0.05) is 29.8 Å². The Hall–Kier alpha value is -2.22. The standard InChI is InChI=1S/C18H14ClN3O2S2/c1-18(14-3-2-8-25-14)16(23)22(17(24)21-18)9-13-10-26-15(20-13)11-4-6-12(19)7-5-11/h2-8,10H,9H2,1H3,(H,21,24). The molecule has 1 unspecified atom stereocenters. The lowest BCUT2D eigenvalue weighted by atomic mass is 10.0. The molecule has 8 heteroatoms. The van der Waals surface area contributed by atoms with Crippen molar-refractivity contribution in [3.63, 3.8) is 0 Å². The number of rotatable bonds is 4. The molecule has 0 radical (unpaired) electrons. The van der Waals surface area contributed by atoms with Crippen LogP contribution in [0.2, 0.25) is 5.02 Å². The first-order chi connectivity index (χ1) is 12.5. The number of benzene rings is 1. The van der Waals surface area contributed by atoms with Crippen LogP contribution in [0.25, 0.3) is 10.6 Å². The number of aromatic nitrogens is 1. The summed E-state index contributed by atoms with van der Waals surface area (Å²) in [6.45, 7) is 1.88. The van der Waals surface area contributed by atoms with Crippen LogP contribution >= 0.6 is 34.3 Å². The Morgan fingerprint density at radius 2 is 1.96 bits per heavy atom. The second-order valence-electron chi connectivity index (χ2n) is 6.07. The minimum atomic E-state index is -1.01. The fraction of sp³-hybridized carbons (Fsp3) is 0.167. The van der Waals surface area contributed by atoms with Gasteiger partial charge in [0.15, 0.2) is 5.54 Å². The maximum absolute atomic E-state index is 12.9. The highest BCUT2D eigenvalue weighted by Gasteiger charge is 2.49. The van der Waals surface area contributed by atoms with Crippen molar-refractivity contribution in [2.45, 2.75) is 19.0 Å². The fourth-order valence-electron chi connectivity index (χ4n) is 2.84. The van der Waals surface area contributed by atoms with E-state index >= 15 is 0 Å². The van der Waals surface area contributed by atoms with Gasteiger partial charge in [-0.15, -0.1) is 22.7 Å². The van der Waals surface area contributed by atoms with Crippen LogP contribution in [0.3, 0.4) is 0 Å². The SMILES string of the molecule is CC1(c2cccs2)NC(=O)N(Cc2csc(-c3ccc(Cl)cc3)n2)C1=O. The van der Waals surface area contributed by atoms with E-state index in [-0.39, 0.29) is 12.5 Å². The van der Waals surface area contributed by atoms with E-state index in [1.807, 2.05) is 47.2 Å². The van der Waals surface area contributed by atoms with Crippen LogP contribution in [0.1, 0.15) is 17.5 Å². The summed E-state index contributed by atoms with van der Waals surface area (Å²) in [6, 6.07) is 10.7. The lowest BCUT2D eigenvalue weighted by Gasteiger charge is -2.19. The highest BCUT2D eigenvalue weighted by Crippen LogP contribution is 2.33. The van der Waals surface area contributed by atoms with Gasteiger partial charge in [-0.3, -0.25) is 9.69 Å². The van der Waals surface area contributed by atoms with Gasteiger partial charge >= 0.3 is 6.03 Å². The van der Waals surface area contributed by atoms with Gasteiger partial charge in [-0.2, -0.15) is 0 Å². The molecule has 2 aromatic heterocycles. The lowest BCUT2D eigenvalue weighted by Crippen LogP contribution is -2.40. The third-order valence-corrected chi connectivity index (χ3v) is 6.54. The Bertz CT molecular complexity index is 969. The molecule has 3 heterocycles. The van der Waals surface area contributed by atoms with Crippen molar-refractivity contribution >= 4 is 46.2 Å². The number of nitrogens with zero attached hydrogens (tertiary/aromatic N) is 2. The van der Waals surface area contributed by atoms with Gasteiger partial charge in [-0.05, 0) is 30.5 Å². The van der Waals surface area contributed by atoms with Crippen molar-refractivity contribution in [2.24, 2.45) is 0 Å². The zero-order valence-corrected chi connectivity index (χ0v) is 16.1. The molecule has 0 aliphatic carbocycles. The molecule has 1 fully saturated rings. The molecule has 1 saturated heterocycles. The minimum Gasteiger partial charge on any atom is -0.319 e. The highest BCUT2D eigenvalue weighted by atomic mass is 35.5. The molecule has 1 aromatic carbocycles. The molecular formula is C18H14ClN3O2S2. The van der Waals surface area contributed by atoms with Crippen molar-refractivity contribution in [1.29, 1.82) is 0 Å². The second-order valence-corrected chi connectivity index (χ2v) is 8.32. The third kappa shape index (κ3) is 2.92. The summed E-state index contributed by atoms with van der Waals surface area (Å²) in [5.41, 5.74) is 0.616. The lowest BCUT2D eigenvalue weighted by molar-refractivity contribution is -0.131. The summed E-state index contributed by atoms with van der Waals surface area (Å²) < 4.78 is 0. The largest absolute Gasteiger partial charge is 0.325 e. The van der Waals surface area contributed by atoms with E-state index in [2.05, 4.69) is 10.3 Å². The van der Waals surface area contributed by atoms with Gasteiger partial charge < -0.3 is 5.32 Å². The first-order valence-corrected chi connectivity index (χ1v) is 9.99. The monoisotopic (exact) mass is 403 g/mol. The number of imide groups is 1. The molecule has 0 bridgehead atoms. The van der Waals surface area contributed by atoms with Crippen molar-refractivity contribution in [1.82, 2.24) is 15.2 Å². The van der Waals surface area contributed by atoms with Crippen LogP contribution in [0.15, 0.2) is 47.2 Å². The molecule has 26 heavy (non-hydrogen) atoms. The van der Waals surface area contributed by atoms with Crippen molar-refractivity contribution in [2.75, 3.05) is 0 Å². The van der Waals surface area contributed by atoms with Crippen LogP contribution in [-0.2, 0) is 16.9 Å². The van der Waals surface area contributed by atoms with Crippen molar-refractivity contribution in [3.8, 4) is 10.6 Å². The first kappa shape index (κ1) is 17.2. The number of nitrogens with one attached hydrogen (secondary N) is 1. The summed E-state index contributed by atoms with van der Waals surface area (Å²) in [5.74, 6) is -0.258. The third-order valence-electron chi connectivity index (χ3n) is 4.25. The Morgan fingerprint density at radius 1 is 1.19 bits per heavy atom. The number of carbonyl (C=O) groups is 2. The van der Waals surface area contributed by atoms with Gasteiger partial charge in [0.2, 0.25) is 0 Å². The number of thiophene rings is 1. The Labute approximate surface area is 163 Å². The van der Waals surface area contributed by atoms with E-state index in [0.717, 1.165) is 15.4 Å². The topological polar surface area (TPSA) is 62.3 Å². The Morgan fingerprint density at radius 3 is 2.65 bits per heavy atom. The minimum absolute atomic E-state index is 0.149. The number of urea groups is 1. The van der Waals surface area contributed by atoms with Crippen molar-refractivity contribution < 1.29 is 9.59 Å². The summed E-state index contributed by atoms with van der Waals surface area (Å²) >= 11 is 8.83. The average Bonchev–Trinajstić information content (AvgIpc) is 3.34. The van der Waals surface area contributed by atoms with Gasteiger partial charge in [0.05, 0.1) is 12.2 Å². The number of halogens is 1. The molecule has 1 N–H and O–H groups in total. The maximum atomic E-state index is 12.9. The van der Waals surface area contributed by atoms with E-state index in [9.17, 15) is 9.59 Å². The van der Waals surface area contributed by atoms with Gasteiger partial charge in [-0.25, -0.2) is 9.78 Å². The van der Waals surface area contributed by atoms with E-state index in [0.29, 0.717) is 10.7 Å². The quantitative estimate of drug-likeness (QED) is 0.652. The van der Waals surface area contributed by atoms with Crippen LogP contribution in [-0.4, -0.2) is 21.8 Å². The molecule has 3 aromatic rings. The fourth-order valence-corrected chi connectivity index (χ4v) is 4.62. The first-order valence-electron chi connectivity index (χ1n) is 7.86. The molecular weight excluding hydrogens is 390 g/mol. The Balaban J connectivity index is 1.55. The van der Waals surface area contributed by atoms with E-state index < -0.39 is 11.6 Å². The maximum Gasteiger partial charge on any atom is 0.325 e. The zero-order valence-electron chi connectivity index (χ0n) is 13.7. The zero-order chi connectivity index (χ0) is 18.3. The number of hydrogen-bond donors (Lipinski definition) is 1. The van der Waals surface area contributed by atoms with Gasteiger partial charge in [0.1, 0.15) is 5.01 Å². The number of hydrogen-bond acceptors (Lipinski definition) is 5. The summed E-state index contributed by atoms with van der Waals surface area (Å²) in [7, 11) is 0. The highest BCUT2D eigenvalue weighted by molar-refractivity contribution is 7.13. The van der Waals surface area contributed by atoms with Crippen LogP contribution in [0.5, 0.6) is 0 Å². The molecule has 3 amide bonds. The van der Waals surface area contributed by atoms with E-state index in [4.69, 9.17) is 11.6 Å². The molecule has 1 aliphatic rings. The van der Waals surface area contributed by atoms with Crippen LogP contribution in [0.4, 0.5) is 4.79 Å². The smallest absolute Gasteiger partial charge is 0.319 e. The molecule has 1 aliphatic heterocycles. The normalized spacial score (nSPS) is 19.8. The number of amides is 3. The van der Waals surface area contributed by atoms with E-state index in [1.165, 1.54) is 27.6 Å². The number of carbonyl (C=O) groups excluding carboxylic acids is 2. The summed E-state index contributed by atoms with van der Waals surface area (Å²) in [6.07, 6.45) is 0. The average molecular weight is 404 g/mol. The van der Waals surface area contributed by atoms with Gasteiger partial charge in [0.25, 0.3) is 5.91 Å². The predicted octanol–water partition coefficient (Wildman–Crippen LogP) is 4.49. The summed E-state index contributed by atoms with van der Waals surface area (Å²) in [4.78, 5) is 31.8. The predicted molar refractivity (Wildman–Crippen MR) is 103 cm³/mol. The van der Waals surface area contributed by atoms with Crippen LogP contribution < -0.4 is 5.32 Å². The molecule has 132 valence electrons. The number of thiazole rings is 1. The Kier molecular flexibility index (Phi) is 4.30. The molecule has 0 saturated carbocycles. The molecule has 5 nitrogen and oxygen atoms in total. The van der Waals surface area contributed by atoms with E-state index in [1.54, 1.807) is 6.92 Å². The summed E-state index contributed by atoms with van der Waals surface area (Å²) in [5, 5.41) is 8.05. The molecule has 1 atom stereocenters.